The molecule has 1 aromatic carbocycles. The van der Waals surface area contributed by atoms with Crippen LogP contribution in [0, 0.1) is 30.1 Å². The lowest BCUT2D eigenvalue weighted by Crippen LogP contribution is -2.07. The molecular formula is C18H16N2O. The molecule has 21 heavy (non-hydrogen) atoms. The highest BCUT2D eigenvalue weighted by atomic mass is 16.5. The second-order valence-electron chi connectivity index (χ2n) is 4.96. The number of hydrogen-bond acceptors (Lipinski definition) is 3. The maximum Gasteiger partial charge on any atom is 0.155 e. The first-order chi connectivity index (χ1) is 10.1. The van der Waals surface area contributed by atoms with Gasteiger partial charge >= 0.3 is 0 Å². The van der Waals surface area contributed by atoms with Gasteiger partial charge in [0.25, 0.3) is 0 Å². The van der Waals surface area contributed by atoms with Crippen molar-refractivity contribution in [3.8, 4) is 23.7 Å². The van der Waals surface area contributed by atoms with Gasteiger partial charge in [-0.25, -0.2) is 4.98 Å². The van der Waals surface area contributed by atoms with E-state index in [4.69, 9.17) is 10.00 Å². The first kappa shape index (κ1) is 14.6. The maximum atomic E-state index is 9.17. The molecule has 2 aromatic rings. The number of nitriles is 1. The van der Waals surface area contributed by atoms with Crippen molar-refractivity contribution in [1.82, 2.24) is 4.98 Å². The second kappa shape index (κ2) is 6.59. The highest BCUT2D eigenvalue weighted by Crippen LogP contribution is 2.18. The Morgan fingerprint density at radius 1 is 1.14 bits per heavy atom. The number of aromatic nitrogens is 1. The fraction of sp³-hybridized carbons (Fsp3) is 0.222. The average molecular weight is 276 g/mol. The molecule has 0 saturated heterocycles. The van der Waals surface area contributed by atoms with Crippen LogP contribution in [-0.4, -0.2) is 11.1 Å². The number of hydrogen-bond donors (Lipinski definition) is 0. The zero-order valence-corrected chi connectivity index (χ0v) is 12.3. The van der Waals surface area contributed by atoms with Gasteiger partial charge in [0.15, 0.2) is 5.75 Å². The average Bonchev–Trinajstić information content (AvgIpc) is 2.47. The summed E-state index contributed by atoms with van der Waals surface area (Å²) in [6, 6.07) is 11.7. The highest BCUT2D eigenvalue weighted by Gasteiger charge is 2.06. The Hall–Kier alpha value is -2.78. The molecule has 2 rings (SSSR count). The minimum atomic E-state index is 0.00314. The largest absolute Gasteiger partial charge is 0.488 e. The van der Waals surface area contributed by atoms with Crippen LogP contribution in [0.25, 0.3) is 0 Å². The van der Waals surface area contributed by atoms with Crippen LogP contribution in [0.15, 0.2) is 36.5 Å². The monoisotopic (exact) mass is 276 g/mol. The number of rotatable bonds is 2. The van der Waals surface area contributed by atoms with E-state index in [0.717, 1.165) is 5.56 Å². The first-order valence-electron chi connectivity index (χ1n) is 6.74. The highest BCUT2D eigenvalue weighted by molar-refractivity contribution is 5.48. The quantitative estimate of drug-likeness (QED) is 0.789. The smallest absolute Gasteiger partial charge is 0.155 e. The van der Waals surface area contributed by atoms with Crippen molar-refractivity contribution in [2.75, 3.05) is 0 Å². The van der Waals surface area contributed by atoms with Crippen molar-refractivity contribution in [1.29, 1.82) is 5.26 Å². The van der Waals surface area contributed by atoms with E-state index in [2.05, 4.69) is 22.9 Å². The minimum Gasteiger partial charge on any atom is -0.488 e. The molecule has 0 fully saturated rings. The Morgan fingerprint density at radius 3 is 2.48 bits per heavy atom. The Kier molecular flexibility index (Phi) is 4.59. The van der Waals surface area contributed by atoms with Gasteiger partial charge in [-0.3, -0.25) is 0 Å². The van der Waals surface area contributed by atoms with E-state index in [1.165, 1.54) is 5.56 Å². The van der Waals surface area contributed by atoms with Crippen LogP contribution >= 0.6 is 0 Å². The van der Waals surface area contributed by atoms with Gasteiger partial charge in [0.05, 0.1) is 17.9 Å². The molecule has 0 aliphatic rings. The summed E-state index contributed by atoms with van der Waals surface area (Å²) in [5, 5.41) is 9.17. The van der Waals surface area contributed by atoms with Crippen molar-refractivity contribution in [3.63, 3.8) is 0 Å². The molecule has 0 aliphatic heterocycles. The van der Waals surface area contributed by atoms with Gasteiger partial charge in [0.1, 0.15) is 11.8 Å². The van der Waals surface area contributed by atoms with Crippen molar-refractivity contribution in [2.24, 2.45) is 0 Å². The number of aryl methyl sites for hydroxylation is 1. The third-order valence-electron chi connectivity index (χ3n) is 2.74. The van der Waals surface area contributed by atoms with Crippen molar-refractivity contribution < 1.29 is 4.74 Å². The summed E-state index contributed by atoms with van der Waals surface area (Å²) in [6.07, 6.45) is 1.56. The zero-order chi connectivity index (χ0) is 15.2. The molecule has 1 aromatic heterocycles. The summed E-state index contributed by atoms with van der Waals surface area (Å²) in [5.41, 5.74) is 3.12. The Labute approximate surface area is 125 Å². The predicted molar refractivity (Wildman–Crippen MR) is 81.9 cm³/mol. The third-order valence-corrected chi connectivity index (χ3v) is 2.74. The van der Waals surface area contributed by atoms with Crippen LogP contribution < -0.4 is 4.74 Å². The van der Waals surface area contributed by atoms with Crippen molar-refractivity contribution >= 4 is 0 Å². The number of ether oxygens (including phenoxy) is 1. The van der Waals surface area contributed by atoms with Gasteiger partial charge < -0.3 is 4.74 Å². The normalized spacial score (nSPS) is 9.67. The molecule has 104 valence electrons. The molecule has 0 amide bonds. The lowest BCUT2D eigenvalue weighted by Gasteiger charge is -2.10. The summed E-state index contributed by atoms with van der Waals surface area (Å²) in [5.74, 6) is 6.50. The van der Waals surface area contributed by atoms with E-state index in [1.54, 1.807) is 12.3 Å². The minimum absolute atomic E-state index is 0.00314. The summed E-state index contributed by atoms with van der Waals surface area (Å²) < 4.78 is 5.53. The molecule has 0 unspecified atom stereocenters. The summed E-state index contributed by atoms with van der Waals surface area (Å²) in [6.45, 7) is 5.85. The molecule has 0 N–H and O–H groups in total. The molecule has 0 spiro atoms. The topological polar surface area (TPSA) is 45.9 Å². The predicted octanol–water partition coefficient (Wildman–Crippen LogP) is 3.45. The lowest BCUT2D eigenvalue weighted by atomic mass is 10.1. The van der Waals surface area contributed by atoms with E-state index in [1.807, 2.05) is 45.0 Å². The molecule has 3 heteroatoms. The standard InChI is InChI=1S/C18H16N2O/c1-13(2)21-18-12-20-17(10-16(18)11-19)9-8-15-6-4-14(3)5-7-15/h4-7,10,12-13H,1-3H3. The van der Waals surface area contributed by atoms with E-state index < -0.39 is 0 Å². The molecule has 0 atom stereocenters. The van der Waals surface area contributed by atoms with E-state index >= 15 is 0 Å². The third kappa shape index (κ3) is 4.09. The van der Waals surface area contributed by atoms with Gasteiger partial charge in [0, 0.05) is 5.56 Å². The van der Waals surface area contributed by atoms with Crippen LogP contribution in [0.1, 0.15) is 36.2 Å². The van der Waals surface area contributed by atoms with Crippen LogP contribution in [0.2, 0.25) is 0 Å². The first-order valence-corrected chi connectivity index (χ1v) is 6.74. The van der Waals surface area contributed by atoms with Crippen LogP contribution in [-0.2, 0) is 0 Å². The van der Waals surface area contributed by atoms with Crippen LogP contribution in [0.4, 0.5) is 0 Å². The van der Waals surface area contributed by atoms with E-state index in [9.17, 15) is 0 Å². The number of nitrogens with zero attached hydrogens (tertiary/aromatic N) is 2. The fourth-order valence-electron chi connectivity index (χ4n) is 1.72. The zero-order valence-electron chi connectivity index (χ0n) is 12.3. The van der Waals surface area contributed by atoms with Crippen LogP contribution in [0.3, 0.4) is 0 Å². The SMILES string of the molecule is Cc1ccc(C#Cc2cc(C#N)c(OC(C)C)cn2)cc1. The van der Waals surface area contributed by atoms with Crippen molar-refractivity contribution in [2.45, 2.75) is 26.9 Å². The molecular weight excluding hydrogens is 260 g/mol. The van der Waals surface area contributed by atoms with Crippen molar-refractivity contribution in [3.05, 3.63) is 58.9 Å². The second-order valence-corrected chi connectivity index (χ2v) is 4.96. The number of pyridine rings is 1. The van der Waals surface area contributed by atoms with Gasteiger partial charge in [0.2, 0.25) is 0 Å². The van der Waals surface area contributed by atoms with Gasteiger partial charge in [-0.2, -0.15) is 5.26 Å². The molecule has 3 nitrogen and oxygen atoms in total. The lowest BCUT2D eigenvalue weighted by molar-refractivity contribution is 0.241. The fourth-order valence-corrected chi connectivity index (χ4v) is 1.72. The Bertz CT molecular complexity index is 729. The van der Waals surface area contributed by atoms with E-state index in [0.29, 0.717) is 17.0 Å². The molecule has 0 bridgehead atoms. The van der Waals surface area contributed by atoms with Gasteiger partial charge in [-0.05, 0) is 44.9 Å². The van der Waals surface area contributed by atoms with E-state index in [-0.39, 0.29) is 6.10 Å². The Balaban J connectivity index is 2.26. The maximum absolute atomic E-state index is 9.17. The molecule has 1 heterocycles. The number of benzene rings is 1. The molecule has 0 saturated carbocycles. The Morgan fingerprint density at radius 2 is 1.86 bits per heavy atom. The summed E-state index contributed by atoms with van der Waals surface area (Å²) in [4.78, 5) is 4.22. The van der Waals surface area contributed by atoms with Gasteiger partial charge in [-0.1, -0.05) is 23.6 Å². The molecule has 0 radical (unpaired) electrons. The van der Waals surface area contributed by atoms with Gasteiger partial charge in [-0.15, -0.1) is 0 Å². The molecule has 0 aliphatic carbocycles. The summed E-state index contributed by atoms with van der Waals surface area (Å²) >= 11 is 0. The van der Waals surface area contributed by atoms with Crippen LogP contribution in [0.5, 0.6) is 5.75 Å². The summed E-state index contributed by atoms with van der Waals surface area (Å²) in [7, 11) is 0.